The number of rotatable bonds is 8. The van der Waals surface area contributed by atoms with Gasteiger partial charge in [-0.15, -0.1) is 10.2 Å². The Kier molecular flexibility index (Phi) is 6.41. The smallest absolute Gasteiger partial charge is 0.271 e. The number of ether oxygens (including phenoxy) is 2. The van der Waals surface area contributed by atoms with E-state index >= 15 is 0 Å². The van der Waals surface area contributed by atoms with E-state index < -0.39 is 0 Å². The van der Waals surface area contributed by atoms with Crippen LogP contribution in [-0.4, -0.2) is 36.9 Å². The first-order valence-electron chi connectivity index (χ1n) is 8.84. The van der Waals surface area contributed by atoms with Crippen LogP contribution in [0, 0.1) is 0 Å². The first-order valence-corrected chi connectivity index (χ1v) is 8.84. The van der Waals surface area contributed by atoms with Crippen molar-refractivity contribution in [2.45, 2.75) is 6.42 Å². The summed E-state index contributed by atoms with van der Waals surface area (Å²) >= 11 is 0. The van der Waals surface area contributed by atoms with Gasteiger partial charge in [-0.25, -0.2) is 0 Å². The maximum absolute atomic E-state index is 12.2. The van der Waals surface area contributed by atoms with Crippen molar-refractivity contribution in [1.82, 2.24) is 15.5 Å². The number of nitrogens with zero attached hydrogens (tertiary/aromatic N) is 2. The van der Waals surface area contributed by atoms with Crippen LogP contribution in [0.15, 0.2) is 60.7 Å². The van der Waals surface area contributed by atoms with Crippen molar-refractivity contribution < 1.29 is 14.3 Å². The molecule has 1 amide bonds. The van der Waals surface area contributed by atoms with Gasteiger partial charge in [0, 0.05) is 6.54 Å². The van der Waals surface area contributed by atoms with E-state index in [1.807, 2.05) is 48.5 Å². The zero-order valence-electron chi connectivity index (χ0n) is 15.8. The van der Waals surface area contributed by atoms with Crippen molar-refractivity contribution >= 4 is 17.4 Å². The maximum Gasteiger partial charge on any atom is 0.271 e. The van der Waals surface area contributed by atoms with Gasteiger partial charge in [0.2, 0.25) is 0 Å². The van der Waals surface area contributed by atoms with Crippen LogP contribution in [0.5, 0.6) is 11.5 Å². The zero-order chi connectivity index (χ0) is 19.8. The monoisotopic (exact) mass is 378 g/mol. The average Bonchev–Trinajstić information content (AvgIpc) is 2.74. The molecule has 2 aromatic carbocycles. The highest BCUT2D eigenvalue weighted by atomic mass is 16.5. The first-order chi connectivity index (χ1) is 13.7. The van der Waals surface area contributed by atoms with Crippen LogP contribution in [0.2, 0.25) is 0 Å². The summed E-state index contributed by atoms with van der Waals surface area (Å²) in [6.07, 6.45) is 0.698. The Morgan fingerprint density at radius 1 is 0.964 bits per heavy atom. The average molecular weight is 378 g/mol. The fraction of sp³-hybridized carbons (Fsp3) is 0.190. The molecular weight excluding hydrogens is 356 g/mol. The highest BCUT2D eigenvalue weighted by Gasteiger charge is 2.09. The van der Waals surface area contributed by atoms with Crippen molar-refractivity contribution in [3.63, 3.8) is 0 Å². The minimum absolute atomic E-state index is 0.260. The van der Waals surface area contributed by atoms with Gasteiger partial charge >= 0.3 is 0 Å². The van der Waals surface area contributed by atoms with Gasteiger partial charge in [-0.3, -0.25) is 4.79 Å². The Balaban J connectivity index is 1.54. The highest BCUT2D eigenvalue weighted by molar-refractivity contribution is 5.92. The molecule has 1 heterocycles. The van der Waals surface area contributed by atoms with E-state index in [1.54, 1.807) is 26.4 Å². The molecule has 28 heavy (non-hydrogen) atoms. The number of carbonyl (C=O) groups excluding carboxylic acids is 1. The van der Waals surface area contributed by atoms with Gasteiger partial charge in [0.1, 0.15) is 11.5 Å². The van der Waals surface area contributed by atoms with Gasteiger partial charge in [0.15, 0.2) is 11.5 Å². The summed E-state index contributed by atoms with van der Waals surface area (Å²) in [5.41, 5.74) is 2.12. The minimum atomic E-state index is -0.265. The molecule has 3 aromatic rings. The van der Waals surface area contributed by atoms with E-state index in [-0.39, 0.29) is 11.6 Å². The number of hydrogen-bond donors (Lipinski definition) is 2. The van der Waals surface area contributed by atoms with Gasteiger partial charge < -0.3 is 20.1 Å². The van der Waals surface area contributed by atoms with E-state index in [9.17, 15) is 4.79 Å². The summed E-state index contributed by atoms with van der Waals surface area (Å²) in [7, 11) is 3.23. The van der Waals surface area contributed by atoms with Gasteiger partial charge in [-0.05, 0) is 48.4 Å². The van der Waals surface area contributed by atoms with E-state index in [0.717, 1.165) is 17.0 Å². The molecule has 3 rings (SSSR count). The summed E-state index contributed by atoms with van der Waals surface area (Å²) in [4.78, 5) is 12.2. The number of methoxy groups -OCH3 is 2. The van der Waals surface area contributed by atoms with E-state index in [4.69, 9.17) is 9.47 Å². The third-order valence-corrected chi connectivity index (χ3v) is 4.10. The maximum atomic E-state index is 12.2. The van der Waals surface area contributed by atoms with Gasteiger partial charge in [-0.2, -0.15) is 0 Å². The predicted molar refractivity (Wildman–Crippen MR) is 107 cm³/mol. The second kappa shape index (κ2) is 9.36. The molecule has 0 fully saturated rings. The second-order valence-electron chi connectivity index (χ2n) is 5.99. The molecular formula is C21H22N4O3. The lowest BCUT2D eigenvalue weighted by Gasteiger charge is -2.10. The van der Waals surface area contributed by atoms with Crippen LogP contribution < -0.4 is 20.1 Å². The Morgan fingerprint density at radius 2 is 1.82 bits per heavy atom. The number of aromatic nitrogens is 2. The van der Waals surface area contributed by atoms with Crippen molar-refractivity contribution in [3.05, 3.63) is 71.9 Å². The third kappa shape index (κ3) is 4.97. The number of benzene rings is 2. The van der Waals surface area contributed by atoms with Crippen molar-refractivity contribution in [1.29, 1.82) is 0 Å². The Morgan fingerprint density at radius 3 is 2.57 bits per heavy atom. The molecule has 1 aromatic heterocycles. The Labute approximate surface area is 163 Å². The van der Waals surface area contributed by atoms with Crippen LogP contribution in [0.1, 0.15) is 16.1 Å². The predicted octanol–water partition coefficient (Wildman–Crippen LogP) is 3.21. The molecule has 0 spiro atoms. The quantitative estimate of drug-likeness (QED) is 0.626. The lowest BCUT2D eigenvalue weighted by atomic mass is 10.1. The summed E-state index contributed by atoms with van der Waals surface area (Å²) in [5, 5.41) is 14.0. The van der Waals surface area contributed by atoms with E-state index in [2.05, 4.69) is 20.8 Å². The van der Waals surface area contributed by atoms with Gasteiger partial charge in [0.25, 0.3) is 5.91 Å². The molecule has 0 bridgehead atoms. The number of nitrogens with one attached hydrogen (secondary N) is 2. The molecule has 0 unspecified atom stereocenters. The van der Waals surface area contributed by atoms with Crippen molar-refractivity contribution in [3.8, 4) is 11.5 Å². The molecule has 0 radical (unpaired) electrons. The van der Waals surface area contributed by atoms with Crippen LogP contribution in [0.25, 0.3) is 0 Å². The summed E-state index contributed by atoms with van der Waals surface area (Å²) in [5.74, 6) is 1.76. The molecule has 0 aliphatic heterocycles. The fourth-order valence-corrected chi connectivity index (χ4v) is 2.64. The lowest BCUT2D eigenvalue weighted by Crippen LogP contribution is -2.26. The van der Waals surface area contributed by atoms with Gasteiger partial charge in [0.05, 0.1) is 19.9 Å². The summed E-state index contributed by atoms with van der Waals surface area (Å²) < 4.78 is 10.5. The molecule has 0 atom stereocenters. The fourth-order valence-electron chi connectivity index (χ4n) is 2.64. The molecule has 7 nitrogen and oxygen atoms in total. The summed E-state index contributed by atoms with van der Waals surface area (Å²) in [6, 6.07) is 18.6. The van der Waals surface area contributed by atoms with Crippen LogP contribution >= 0.6 is 0 Å². The second-order valence-corrected chi connectivity index (χ2v) is 5.99. The number of carbonyl (C=O) groups is 1. The van der Waals surface area contributed by atoms with E-state index in [1.165, 1.54) is 0 Å². The largest absolute Gasteiger partial charge is 0.497 e. The number of hydrogen-bond acceptors (Lipinski definition) is 6. The number of anilines is 2. The lowest BCUT2D eigenvalue weighted by molar-refractivity contribution is 0.0948. The standard InChI is InChI=1S/C21H22N4O3/c1-27-16-7-5-6-15(14-16)12-13-22-21(26)18-10-11-20(25-24-18)23-17-8-3-4-9-19(17)28-2/h3-11,14H,12-13H2,1-2H3,(H,22,26)(H,23,25). The molecule has 2 N–H and O–H groups in total. The topological polar surface area (TPSA) is 85.4 Å². The molecule has 7 heteroatoms. The number of amides is 1. The summed E-state index contributed by atoms with van der Waals surface area (Å²) in [6.45, 7) is 0.495. The molecule has 0 aliphatic rings. The van der Waals surface area contributed by atoms with Crippen molar-refractivity contribution in [2.24, 2.45) is 0 Å². The zero-order valence-corrected chi connectivity index (χ0v) is 15.8. The Bertz CT molecular complexity index is 929. The SMILES string of the molecule is COc1cccc(CCNC(=O)c2ccc(Nc3ccccc3OC)nn2)c1. The molecule has 0 aliphatic carbocycles. The van der Waals surface area contributed by atoms with Crippen LogP contribution in [0.3, 0.4) is 0 Å². The normalized spacial score (nSPS) is 10.2. The van der Waals surface area contributed by atoms with Crippen LogP contribution in [0.4, 0.5) is 11.5 Å². The molecule has 0 saturated heterocycles. The van der Waals surface area contributed by atoms with Gasteiger partial charge in [-0.1, -0.05) is 24.3 Å². The Hall–Kier alpha value is -3.61. The third-order valence-electron chi connectivity index (χ3n) is 4.10. The first kappa shape index (κ1) is 19.2. The molecule has 144 valence electrons. The van der Waals surface area contributed by atoms with Crippen LogP contribution in [-0.2, 0) is 6.42 Å². The van der Waals surface area contributed by atoms with E-state index in [0.29, 0.717) is 24.5 Å². The van der Waals surface area contributed by atoms with Crippen molar-refractivity contribution in [2.75, 3.05) is 26.1 Å². The number of para-hydroxylation sites is 2. The highest BCUT2D eigenvalue weighted by Crippen LogP contribution is 2.25. The minimum Gasteiger partial charge on any atom is -0.497 e. The molecule has 0 saturated carbocycles.